The van der Waals surface area contributed by atoms with E-state index in [0.29, 0.717) is 13.1 Å². The first-order chi connectivity index (χ1) is 14.5. The molecule has 7 nitrogen and oxygen atoms in total. The number of hydrogen-bond donors (Lipinski definition) is 2. The maximum Gasteiger partial charge on any atom is 0.342 e. The van der Waals surface area contributed by atoms with Crippen LogP contribution < -0.4 is 9.44 Å². The van der Waals surface area contributed by atoms with Gasteiger partial charge in [0.15, 0.2) is 0 Å². The van der Waals surface area contributed by atoms with E-state index in [0.717, 1.165) is 51.4 Å². The SMILES string of the molecule is CC(C#N)C1(NSN2CCN(SNC3(C(C)C#N)CCCCC3)C2=O)CCCCC1. The molecule has 166 valence electrons. The fourth-order valence-corrected chi connectivity index (χ4v) is 6.91. The van der Waals surface area contributed by atoms with Crippen LogP contribution in [0.1, 0.15) is 78.1 Å². The summed E-state index contributed by atoms with van der Waals surface area (Å²) in [5, 5.41) is 19.0. The summed E-state index contributed by atoms with van der Waals surface area (Å²) in [5.74, 6) is -0.178. The van der Waals surface area contributed by atoms with Crippen LogP contribution in [0.5, 0.6) is 0 Å². The Morgan fingerprint density at radius 2 is 1.17 bits per heavy atom. The van der Waals surface area contributed by atoms with Crippen LogP contribution in [-0.2, 0) is 0 Å². The third-order valence-corrected chi connectivity index (χ3v) is 9.30. The molecule has 0 aromatic carbocycles. The Hall–Kier alpha value is -1.13. The Bertz CT molecular complexity index is 622. The van der Waals surface area contributed by atoms with Crippen molar-refractivity contribution in [3.05, 3.63) is 0 Å². The van der Waals surface area contributed by atoms with Crippen molar-refractivity contribution in [2.45, 2.75) is 89.1 Å². The highest BCUT2D eigenvalue weighted by Gasteiger charge is 2.42. The van der Waals surface area contributed by atoms with Crippen molar-refractivity contribution in [3.63, 3.8) is 0 Å². The van der Waals surface area contributed by atoms with Gasteiger partial charge in [-0.05, 0) is 39.5 Å². The predicted molar refractivity (Wildman–Crippen MR) is 121 cm³/mol. The number of amides is 2. The van der Waals surface area contributed by atoms with Crippen LogP contribution in [0.25, 0.3) is 0 Å². The third-order valence-electron chi connectivity index (χ3n) is 7.19. The Morgan fingerprint density at radius 1 is 0.800 bits per heavy atom. The molecule has 0 spiro atoms. The molecule has 0 aromatic rings. The average molecular weight is 451 g/mol. The van der Waals surface area contributed by atoms with Gasteiger partial charge in [0.25, 0.3) is 0 Å². The van der Waals surface area contributed by atoms with Gasteiger partial charge in [-0.2, -0.15) is 10.5 Å². The first kappa shape index (κ1) is 23.5. The molecule has 1 heterocycles. The Labute approximate surface area is 189 Å². The molecule has 2 saturated carbocycles. The molecular weight excluding hydrogens is 416 g/mol. The lowest BCUT2D eigenvalue weighted by Crippen LogP contribution is -2.50. The van der Waals surface area contributed by atoms with E-state index in [1.165, 1.54) is 37.1 Å². The van der Waals surface area contributed by atoms with Crippen LogP contribution in [0.2, 0.25) is 0 Å². The predicted octanol–water partition coefficient (Wildman–Crippen LogP) is 4.75. The Kier molecular flexibility index (Phi) is 8.20. The van der Waals surface area contributed by atoms with E-state index in [1.807, 2.05) is 13.8 Å². The fraction of sp³-hybridized carbons (Fsp3) is 0.857. The molecule has 2 N–H and O–H groups in total. The van der Waals surface area contributed by atoms with E-state index in [1.54, 1.807) is 8.61 Å². The van der Waals surface area contributed by atoms with Gasteiger partial charge >= 0.3 is 6.03 Å². The quantitative estimate of drug-likeness (QED) is 0.515. The first-order valence-corrected chi connectivity index (χ1v) is 12.8. The van der Waals surface area contributed by atoms with Crippen LogP contribution in [0.4, 0.5) is 4.79 Å². The van der Waals surface area contributed by atoms with Gasteiger partial charge in [-0.1, -0.05) is 38.5 Å². The van der Waals surface area contributed by atoms with Crippen molar-refractivity contribution in [1.82, 2.24) is 18.1 Å². The highest BCUT2D eigenvalue weighted by molar-refractivity contribution is 7.97. The van der Waals surface area contributed by atoms with E-state index < -0.39 is 0 Å². The van der Waals surface area contributed by atoms with Crippen LogP contribution in [-0.4, -0.2) is 38.8 Å². The summed E-state index contributed by atoms with van der Waals surface area (Å²) in [6, 6.07) is 4.80. The molecule has 2 unspecified atom stereocenters. The monoisotopic (exact) mass is 450 g/mol. The Balaban J connectivity index is 1.55. The van der Waals surface area contributed by atoms with Crippen molar-refractivity contribution >= 4 is 30.3 Å². The summed E-state index contributed by atoms with van der Waals surface area (Å²) >= 11 is 2.73. The minimum Gasteiger partial charge on any atom is -0.252 e. The van der Waals surface area contributed by atoms with Crippen molar-refractivity contribution in [3.8, 4) is 12.1 Å². The second-order valence-corrected chi connectivity index (χ2v) is 10.7. The lowest BCUT2D eigenvalue weighted by atomic mass is 9.75. The van der Waals surface area contributed by atoms with Crippen LogP contribution >= 0.6 is 24.3 Å². The maximum absolute atomic E-state index is 12.9. The molecule has 2 amide bonds. The summed E-state index contributed by atoms with van der Waals surface area (Å²) in [5.41, 5.74) is -0.434. The summed E-state index contributed by atoms with van der Waals surface area (Å²) in [6.07, 6.45) is 10.8. The Morgan fingerprint density at radius 3 is 1.50 bits per heavy atom. The minimum absolute atomic E-state index is 0.0314. The van der Waals surface area contributed by atoms with Gasteiger partial charge in [0.05, 0.1) is 37.1 Å². The zero-order chi connectivity index (χ0) is 21.6. The number of nitrogens with zero attached hydrogens (tertiary/aromatic N) is 4. The smallest absolute Gasteiger partial charge is 0.252 e. The summed E-state index contributed by atoms with van der Waals surface area (Å²) in [6.45, 7) is 5.25. The maximum atomic E-state index is 12.9. The van der Waals surface area contributed by atoms with Gasteiger partial charge < -0.3 is 0 Å². The minimum atomic E-state index is -0.217. The molecule has 0 radical (unpaired) electrons. The molecule has 3 fully saturated rings. The van der Waals surface area contributed by atoms with E-state index in [-0.39, 0.29) is 28.9 Å². The fourth-order valence-electron chi connectivity index (χ4n) is 4.82. The van der Waals surface area contributed by atoms with Crippen molar-refractivity contribution in [2.24, 2.45) is 11.8 Å². The van der Waals surface area contributed by atoms with Gasteiger partial charge in [0, 0.05) is 35.3 Å². The van der Waals surface area contributed by atoms with Crippen molar-refractivity contribution in [1.29, 1.82) is 10.5 Å². The highest BCUT2D eigenvalue weighted by Crippen LogP contribution is 2.39. The highest BCUT2D eigenvalue weighted by atomic mass is 32.2. The van der Waals surface area contributed by atoms with Crippen molar-refractivity contribution < 1.29 is 4.79 Å². The molecule has 0 bridgehead atoms. The van der Waals surface area contributed by atoms with Gasteiger partial charge in [0.2, 0.25) is 0 Å². The number of carbonyl (C=O) groups is 1. The molecule has 2 aliphatic carbocycles. The van der Waals surface area contributed by atoms with Crippen LogP contribution in [0.15, 0.2) is 0 Å². The molecule has 3 rings (SSSR count). The number of urea groups is 1. The molecule has 3 aliphatic rings. The first-order valence-electron chi connectivity index (χ1n) is 11.2. The number of hydrogen-bond acceptors (Lipinski definition) is 7. The lowest BCUT2D eigenvalue weighted by Gasteiger charge is -2.41. The molecule has 1 aliphatic heterocycles. The molecule has 1 saturated heterocycles. The number of nitriles is 2. The van der Waals surface area contributed by atoms with E-state index in [2.05, 4.69) is 21.6 Å². The van der Waals surface area contributed by atoms with Gasteiger partial charge in [0.1, 0.15) is 0 Å². The van der Waals surface area contributed by atoms with E-state index in [4.69, 9.17) is 0 Å². The zero-order valence-electron chi connectivity index (χ0n) is 18.2. The second kappa shape index (κ2) is 10.5. The molecule has 30 heavy (non-hydrogen) atoms. The average Bonchev–Trinajstić information content (AvgIpc) is 3.15. The summed E-state index contributed by atoms with van der Waals surface area (Å²) in [7, 11) is 0. The molecule has 0 aromatic heterocycles. The largest absolute Gasteiger partial charge is 0.342 e. The molecule has 2 atom stereocenters. The number of nitrogens with one attached hydrogen (secondary N) is 2. The van der Waals surface area contributed by atoms with E-state index >= 15 is 0 Å². The summed E-state index contributed by atoms with van der Waals surface area (Å²) < 4.78 is 10.6. The van der Waals surface area contributed by atoms with Gasteiger partial charge in [-0.3, -0.25) is 8.61 Å². The number of rotatable bonds is 8. The summed E-state index contributed by atoms with van der Waals surface area (Å²) in [4.78, 5) is 12.9. The molecular formula is C21H34N6OS2. The third kappa shape index (κ3) is 5.02. The van der Waals surface area contributed by atoms with Gasteiger partial charge in [-0.15, -0.1) is 0 Å². The van der Waals surface area contributed by atoms with Gasteiger partial charge in [-0.25, -0.2) is 14.2 Å². The van der Waals surface area contributed by atoms with Crippen LogP contribution in [0.3, 0.4) is 0 Å². The standard InChI is InChI=1S/C21H34N6OS2/c1-17(15-22)20(9-5-3-6-10-20)24-29-26-13-14-27(19(26)28)30-25-21(18(2)16-23)11-7-4-8-12-21/h17-18,24-25H,3-14H2,1-2H3. The van der Waals surface area contributed by atoms with Crippen LogP contribution in [0, 0.1) is 34.5 Å². The zero-order valence-corrected chi connectivity index (χ0v) is 19.8. The second-order valence-electron chi connectivity index (χ2n) is 9.01. The molecule has 9 heteroatoms. The topological polar surface area (TPSA) is 95.2 Å². The normalized spacial score (nSPS) is 25.4. The lowest BCUT2D eigenvalue weighted by molar-refractivity contribution is 0.216. The number of carbonyl (C=O) groups excluding carboxylic acids is 1. The van der Waals surface area contributed by atoms with Crippen molar-refractivity contribution in [2.75, 3.05) is 13.1 Å². The van der Waals surface area contributed by atoms with E-state index in [9.17, 15) is 15.3 Å².